The molecule has 0 unspecified atom stereocenters. The molecule has 0 radical (unpaired) electrons. The number of methoxy groups -OCH3 is 2. The third kappa shape index (κ3) is 5.84. The van der Waals surface area contributed by atoms with Crippen molar-refractivity contribution in [2.24, 2.45) is 5.92 Å². The van der Waals surface area contributed by atoms with Gasteiger partial charge in [0.05, 0.1) is 14.2 Å². The molecule has 0 atom stereocenters. The molecule has 0 fully saturated rings. The molecule has 1 aromatic heterocycles. The number of nitrogens with one attached hydrogen (secondary N) is 1. The molecular weight excluding hydrogens is 346 g/mol. The van der Waals surface area contributed by atoms with E-state index in [9.17, 15) is 9.59 Å². The molecule has 1 N–H and O–H groups in total. The Kier molecular flexibility index (Phi) is 7.40. The SMILES string of the molecule is COc1ccc(-c2nn(CCCC(=O)NCC(C)C)c(=O)cc2OC)cc1. The van der Waals surface area contributed by atoms with Crippen LogP contribution in [-0.2, 0) is 11.3 Å². The second-order valence-electron chi connectivity index (χ2n) is 6.65. The molecule has 2 aromatic rings. The van der Waals surface area contributed by atoms with Gasteiger partial charge in [-0.05, 0) is 36.6 Å². The van der Waals surface area contributed by atoms with E-state index in [1.165, 1.54) is 17.9 Å². The summed E-state index contributed by atoms with van der Waals surface area (Å²) in [6.45, 7) is 5.10. The summed E-state index contributed by atoms with van der Waals surface area (Å²) in [5.74, 6) is 1.54. The van der Waals surface area contributed by atoms with Crippen LogP contribution in [0.4, 0.5) is 0 Å². The first kappa shape index (κ1) is 20.5. The minimum absolute atomic E-state index is 0.0133. The van der Waals surface area contributed by atoms with E-state index in [1.54, 1.807) is 7.11 Å². The highest BCUT2D eigenvalue weighted by molar-refractivity contribution is 5.75. The van der Waals surface area contributed by atoms with Crippen molar-refractivity contribution in [3.63, 3.8) is 0 Å². The Balaban J connectivity index is 2.13. The average molecular weight is 373 g/mol. The quantitative estimate of drug-likeness (QED) is 0.730. The van der Waals surface area contributed by atoms with E-state index >= 15 is 0 Å². The minimum atomic E-state index is -0.258. The summed E-state index contributed by atoms with van der Waals surface area (Å²) < 4.78 is 11.9. The Morgan fingerprint density at radius 1 is 1.19 bits per heavy atom. The lowest BCUT2D eigenvalue weighted by Crippen LogP contribution is -2.28. The highest BCUT2D eigenvalue weighted by Crippen LogP contribution is 2.27. The standard InChI is InChI=1S/C20H27N3O4/c1-14(2)13-21-18(24)6-5-11-23-19(25)12-17(27-4)20(22-23)15-7-9-16(26-3)10-8-15/h7-10,12,14H,5-6,11,13H2,1-4H3,(H,21,24). The zero-order valence-electron chi connectivity index (χ0n) is 16.3. The van der Waals surface area contributed by atoms with Crippen molar-refractivity contribution in [1.82, 2.24) is 15.1 Å². The van der Waals surface area contributed by atoms with E-state index in [1.807, 2.05) is 38.1 Å². The Morgan fingerprint density at radius 3 is 2.48 bits per heavy atom. The summed E-state index contributed by atoms with van der Waals surface area (Å²) >= 11 is 0. The lowest BCUT2D eigenvalue weighted by atomic mass is 10.1. The van der Waals surface area contributed by atoms with Gasteiger partial charge >= 0.3 is 0 Å². The topological polar surface area (TPSA) is 82.5 Å². The molecule has 0 saturated heterocycles. The molecule has 146 valence electrons. The van der Waals surface area contributed by atoms with E-state index < -0.39 is 0 Å². The summed E-state index contributed by atoms with van der Waals surface area (Å²) in [5, 5.41) is 7.32. The molecule has 0 bridgehead atoms. The number of hydrogen-bond acceptors (Lipinski definition) is 5. The van der Waals surface area contributed by atoms with Crippen molar-refractivity contribution < 1.29 is 14.3 Å². The summed E-state index contributed by atoms with van der Waals surface area (Å²) in [6, 6.07) is 8.79. The van der Waals surface area contributed by atoms with Gasteiger partial charge in [0.2, 0.25) is 5.91 Å². The van der Waals surface area contributed by atoms with Gasteiger partial charge in [-0.2, -0.15) is 5.10 Å². The third-order valence-electron chi connectivity index (χ3n) is 4.03. The van der Waals surface area contributed by atoms with Gasteiger partial charge in [-0.3, -0.25) is 9.59 Å². The maximum absolute atomic E-state index is 12.3. The maximum Gasteiger partial charge on any atom is 0.270 e. The number of carbonyl (C=O) groups excluding carboxylic acids is 1. The molecule has 0 aliphatic heterocycles. The number of hydrogen-bond donors (Lipinski definition) is 1. The third-order valence-corrected chi connectivity index (χ3v) is 4.03. The molecule has 0 spiro atoms. The first-order valence-electron chi connectivity index (χ1n) is 9.02. The fourth-order valence-electron chi connectivity index (χ4n) is 2.53. The van der Waals surface area contributed by atoms with Crippen LogP contribution in [0, 0.1) is 5.92 Å². The van der Waals surface area contributed by atoms with E-state index in [-0.39, 0.29) is 11.5 Å². The number of ether oxygens (including phenoxy) is 2. The molecule has 7 nitrogen and oxygen atoms in total. The smallest absolute Gasteiger partial charge is 0.270 e. The molecule has 0 aliphatic carbocycles. The fourth-order valence-corrected chi connectivity index (χ4v) is 2.53. The van der Waals surface area contributed by atoms with Crippen LogP contribution in [-0.4, -0.2) is 36.5 Å². The van der Waals surface area contributed by atoms with Crippen LogP contribution < -0.4 is 20.3 Å². The molecular formula is C20H27N3O4. The second-order valence-corrected chi connectivity index (χ2v) is 6.65. The second kappa shape index (κ2) is 9.75. The number of benzene rings is 1. The van der Waals surface area contributed by atoms with E-state index in [4.69, 9.17) is 9.47 Å². The van der Waals surface area contributed by atoms with Crippen molar-refractivity contribution in [2.45, 2.75) is 33.2 Å². The number of nitrogens with zero attached hydrogens (tertiary/aromatic N) is 2. The number of amides is 1. The summed E-state index contributed by atoms with van der Waals surface area (Å²) in [7, 11) is 3.11. The predicted octanol–water partition coefficient (Wildman–Crippen LogP) is 2.48. The molecule has 27 heavy (non-hydrogen) atoms. The highest BCUT2D eigenvalue weighted by atomic mass is 16.5. The maximum atomic E-state index is 12.3. The van der Waals surface area contributed by atoms with Crippen LogP contribution >= 0.6 is 0 Å². The Morgan fingerprint density at radius 2 is 1.89 bits per heavy atom. The Bertz CT molecular complexity index is 813. The summed E-state index contributed by atoms with van der Waals surface area (Å²) in [6.07, 6.45) is 0.885. The lowest BCUT2D eigenvalue weighted by Gasteiger charge is -2.12. The number of aromatic nitrogens is 2. The van der Waals surface area contributed by atoms with Crippen LogP contribution in [0.2, 0.25) is 0 Å². The monoisotopic (exact) mass is 373 g/mol. The molecule has 0 saturated carbocycles. The van der Waals surface area contributed by atoms with E-state index in [0.29, 0.717) is 43.3 Å². The van der Waals surface area contributed by atoms with E-state index in [0.717, 1.165) is 11.3 Å². The van der Waals surface area contributed by atoms with Crippen molar-refractivity contribution in [2.75, 3.05) is 20.8 Å². The predicted molar refractivity (Wildman–Crippen MR) is 104 cm³/mol. The van der Waals surface area contributed by atoms with Crippen LogP contribution in [0.5, 0.6) is 11.5 Å². The van der Waals surface area contributed by atoms with Crippen LogP contribution in [0.1, 0.15) is 26.7 Å². The average Bonchev–Trinajstić information content (AvgIpc) is 2.67. The number of rotatable bonds is 9. The van der Waals surface area contributed by atoms with Gasteiger partial charge in [0.25, 0.3) is 5.56 Å². The molecule has 1 aromatic carbocycles. The Labute approximate surface area is 159 Å². The zero-order valence-corrected chi connectivity index (χ0v) is 16.3. The van der Waals surface area contributed by atoms with Crippen molar-refractivity contribution in [1.29, 1.82) is 0 Å². The normalized spacial score (nSPS) is 10.7. The molecule has 1 amide bonds. The van der Waals surface area contributed by atoms with Crippen LogP contribution in [0.25, 0.3) is 11.3 Å². The number of carbonyl (C=O) groups is 1. The van der Waals surface area contributed by atoms with Crippen LogP contribution in [0.3, 0.4) is 0 Å². The molecule has 2 rings (SSSR count). The molecule has 0 aliphatic rings. The van der Waals surface area contributed by atoms with Gasteiger partial charge in [0.15, 0.2) is 5.75 Å². The van der Waals surface area contributed by atoms with Crippen molar-refractivity contribution in [3.8, 4) is 22.8 Å². The zero-order chi connectivity index (χ0) is 19.8. The first-order valence-corrected chi connectivity index (χ1v) is 9.02. The van der Waals surface area contributed by atoms with Gasteiger partial charge in [0, 0.05) is 31.1 Å². The van der Waals surface area contributed by atoms with Crippen molar-refractivity contribution >= 4 is 5.91 Å². The van der Waals surface area contributed by atoms with Crippen LogP contribution in [0.15, 0.2) is 35.1 Å². The van der Waals surface area contributed by atoms with Gasteiger partial charge in [-0.15, -0.1) is 0 Å². The Hall–Kier alpha value is -2.83. The molecule has 7 heteroatoms. The molecule has 1 heterocycles. The first-order chi connectivity index (χ1) is 12.9. The number of aryl methyl sites for hydroxylation is 1. The van der Waals surface area contributed by atoms with Gasteiger partial charge in [-0.25, -0.2) is 4.68 Å². The van der Waals surface area contributed by atoms with Gasteiger partial charge < -0.3 is 14.8 Å². The fraction of sp³-hybridized carbons (Fsp3) is 0.450. The largest absolute Gasteiger partial charge is 0.497 e. The van der Waals surface area contributed by atoms with Gasteiger partial charge in [-0.1, -0.05) is 13.8 Å². The lowest BCUT2D eigenvalue weighted by molar-refractivity contribution is -0.121. The van der Waals surface area contributed by atoms with E-state index in [2.05, 4.69) is 10.4 Å². The minimum Gasteiger partial charge on any atom is -0.497 e. The summed E-state index contributed by atoms with van der Waals surface area (Å²) in [4.78, 5) is 24.1. The van der Waals surface area contributed by atoms with Gasteiger partial charge in [0.1, 0.15) is 11.4 Å². The van der Waals surface area contributed by atoms with Crippen molar-refractivity contribution in [3.05, 3.63) is 40.7 Å². The summed E-state index contributed by atoms with van der Waals surface area (Å²) in [5.41, 5.74) is 1.13. The highest BCUT2D eigenvalue weighted by Gasteiger charge is 2.12.